The first kappa shape index (κ1) is 11.0. The molecule has 0 radical (unpaired) electrons. The molecule has 82 valence electrons. The van der Waals surface area contributed by atoms with Gasteiger partial charge in [-0.2, -0.15) is 0 Å². The topological polar surface area (TPSA) is 9.23 Å². The first-order valence-corrected chi connectivity index (χ1v) is 5.74. The molecule has 1 nitrogen and oxygen atoms in total. The number of alkyl halides is 1. The zero-order valence-corrected chi connectivity index (χ0v) is 9.65. The van der Waals surface area contributed by atoms with Gasteiger partial charge in [-0.15, -0.1) is 11.6 Å². The lowest BCUT2D eigenvalue weighted by atomic mass is 10.1. The summed E-state index contributed by atoms with van der Waals surface area (Å²) >= 11 is 5.86. The third-order valence-corrected chi connectivity index (χ3v) is 2.69. The van der Waals surface area contributed by atoms with Crippen molar-refractivity contribution in [3.05, 3.63) is 65.7 Å². The second kappa shape index (κ2) is 5.57. The van der Waals surface area contributed by atoms with Crippen molar-refractivity contribution in [1.29, 1.82) is 0 Å². The molecule has 0 unspecified atom stereocenters. The van der Waals surface area contributed by atoms with Crippen LogP contribution in [0.1, 0.15) is 11.1 Å². The summed E-state index contributed by atoms with van der Waals surface area (Å²) in [4.78, 5) is 0. The lowest BCUT2D eigenvalue weighted by Gasteiger charge is -2.09. The van der Waals surface area contributed by atoms with E-state index < -0.39 is 0 Å². The monoisotopic (exact) mass is 232 g/mol. The molecular formula is C14H13ClO. The van der Waals surface area contributed by atoms with Gasteiger partial charge in [0.15, 0.2) is 0 Å². The normalized spacial score (nSPS) is 10.1. The minimum Gasteiger partial charge on any atom is -0.489 e. The molecule has 2 aromatic rings. The quantitative estimate of drug-likeness (QED) is 0.724. The third kappa shape index (κ3) is 2.77. The summed E-state index contributed by atoms with van der Waals surface area (Å²) in [7, 11) is 0. The highest BCUT2D eigenvalue weighted by atomic mass is 35.5. The smallest absolute Gasteiger partial charge is 0.119 e. The van der Waals surface area contributed by atoms with Crippen LogP contribution in [0, 0.1) is 0 Å². The summed E-state index contributed by atoms with van der Waals surface area (Å²) in [6.07, 6.45) is 0. The van der Waals surface area contributed by atoms with Gasteiger partial charge in [-0.1, -0.05) is 42.5 Å². The molecule has 0 spiro atoms. The van der Waals surface area contributed by atoms with E-state index in [1.54, 1.807) is 0 Å². The van der Waals surface area contributed by atoms with Crippen molar-refractivity contribution in [1.82, 2.24) is 0 Å². The molecule has 2 heteroatoms. The van der Waals surface area contributed by atoms with Crippen LogP contribution >= 0.6 is 11.6 Å². The molecule has 0 N–H and O–H groups in total. The van der Waals surface area contributed by atoms with Crippen LogP contribution in [0.2, 0.25) is 0 Å². The number of rotatable bonds is 4. The van der Waals surface area contributed by atoms with Crippen LogP contribution < -0.4 is 4.74 Å². The molecule has 2 aromatic carbocycles. The molecule has 0 bridgehead atoms. The van der Waals surface area contributed by atoms with Gasteiger partial charge in [-0.3, -0.25) is 0 Å². The van der Waals surface area contributed by atoms with E-state index >= 15 is 0 Å². The molecular weight excluding hydrogens is 220 g/mol. The second-order valence-corrected chi connectivity index (χ2v) is 3.77. The fourth-order valence-corrected chi connectivity index (χ4v) is 1.77. The summed E-state index contributed by atoms with van der Waals surface area (Å²) in [5.74, 6) is 1.40. The Labute approximate surface area is 101 Å². The summed E-state index contributed by atoms with van der Waals surface area (Å²) in [5.41, 5.74) is 2.27. The van der Waals surface area contributed by atoms with E-state index in [9.17, 15) is 0 Å². The van der Waals surface area contributed by atoms with Crippen molar-refractivity contribution < 1.29 is 4.74 Å². The minimum atomic E-state index is 0.522. The van der Waals surface area contributed by atoms with E-state index in [-0.39, 0.29) is 0 Å². The van der Waals surface area contributed by atoms with Crippen molar-refractivity contribution in [2.75, 3.05) is 0 Å². The number of benzene rings is 2. The van der Waals surface area contributed by atoms with Gasteiger partial charge in [0.1, 0.15) is 12.4 Å². The summed E-state index contributed by atoms with van der Waals surface area (Å²) < 4.78 is 5.68. The van der Waals surface area contributed by atoms with Crippen LogP contribution in [0.15, 0.2) is 54.6 Å². The van der Waals surface area contributed by atoms with Gasteiger partial charge in [0.2, 0.25) is 0 Å². The molecule has 0 fully saturated rings. The SMILES string of the molecule is ClCc1ccccc1COc1ccccc1. The predicted octanol–water partition coefficient (Wildman–Crippen LogP) is 4.00. The van der Waals surface area contributed by atoms with Crippen LogP contribution in [0.25, 0.3) is 0 Å². The standard InChI is InChI=1S/C14H13ClO/c15-10-12-6-4-5-7-13(12)11-16-14-8-2-1-3-9-14/h1-9H,10-11H2. The van der Waals surface area contributed by atoms with Gasteiger partial charge in [0, 0.05) is 5.88 Å². The van der Waals surface area contributed by atoms with E-state index in [1.165, 1.54) is 0 Å². The Bertz CT molecular complexity index is 439. The van der Waals surface area contributed by atoms with Gasteiger partial charge in [0.05, 0.1) is 0 Å². The lowest BCUT2D eigenvalue weighted by molar-refractivity contribution is 0.305. The Morgan fingerprint density at radius 2 is 1.44 bits per heavy atom. The van der Waals surface area contributed by atoms with Gasteiger partial charge in [0.25, 0.3) is 0 Å². The number of para-hydroxylation sites is 1. The average Bonchev–Trinajstić information content (AvgIpc) is 2.38. The van der Waals surface area contributed by atoms with Crippen molar-refractivity contribution in [3.8, 4) is 5.75 Å². The second-order valence-electron chi connectivity index (χ2n) is 3.50. The molecule has 0 amide bonds. The van der Waals surface area contributed by atoms with Gasteiger partial charge in [-0.25, -0.2) is 0 Å². The van der Waals surface area contributed by atoms with Crippen molar-refractivity contribution in [2.45, 2.75) is 12.5 Å². The lowest BCUT2D eigenvalue weighted by Crippen LogP contribution is -1.98. The minimum absolute atomic E-state index is 0.522. The van der Waals surface area contributed by atoms with Gasteiger partial charge >= 0.3 is 0 Å². The molecule has 0 saturated carbocycles. The maximum Gasteiger partial charge on any atom is 0.119 e. The molecule has 0 saturated heterocycles. The van der Waals surface area contributed by atoms with E-state index in [0.717, 1.165) is 16.9 Å². The molecule has 16 heavy (non-hydrogen) atoms. The summed E-state index contributed by atoms with van der Waals surface area (Å²) in [6.45, 7) is 0.562. The Hall–Kier alpha value is -1.47. The van der Waals surface area contributed by atoms with E-state index in [4.69, 9.17) is 16.3 Å². The summed E-state index contributed by atoms with van der Waals surface area (Å²) in [6, 6.07) is 17.8. The number of hydrogen-bond donors (Lipinski definition) is 0. The maximum absolute atomic E-state index is 5.86. The zero-order chi connectivity index (χ0) is 11.2. The molecule has 0 aromatic heterocycles. The molecule has 0 heterocycles. The number of hydrogen-bond acceptors (Lipinski definition) is 1. The van der Waals surface area contributed by atoms with E-state index in [2.05, 4.69) is 0 Å². The maximum atomic E-state index is 5.86. The first-order chi connectivity index (χ1) is 7.90. The number of ether oxygens (including phenoxy) is 1. The van der Waals surface area contributed by atoms with Crippen molar-refractivity contribution in [3.63, 3.8) is 0 Å². The fraction of sp³-hybridized carbons (Fsp3) is 0.143. The van der Waals surface area contributed by atoms with Crippen LogP contribution in [0.3, 0.4) is 0 Å². The Morgan fingerprint density at radius 1 is 0.812 bits per heavy atom. The van der Waals surface area contributed by atoms with Gasteiger partial charge in [-0.05, 0) is 23.3 Å². The molecule has 0 aliphatic carbocycles. The molecule has 0 atom stereocenters. The van der Waals surface area contributed by atoms with E-state index in [1.807, 2.05) is 54.6 Å². The zero-order valence-electron chi connectivity index (χ0n) is 8.90. The third-order valence-electron chi connectivity index (χ3n) is 2.40. The molecule has 2 rings (SSSR count). The molecule has 0 aliphatic heterocycles. The highest BCUT2D eigenvalue weighted by molar-refractivity contribution is 6.17. The average molecular weight is 233 g/mol. The Morgan fingerprint density at radius 3 is 2.12 bits per heavy atom. The predicted molar refractivity (Wildman–Crippen MR) is 66.8 cm³/mol. The highest BCUT2D eigenvalue weighted by Gasteiger charge is 2.00. The highest BCUT2D eigenvalue weighted by Crippen LogP contribution is 2.15. The number of halogens is 1. The van der Waals surface area contributed by atoms with Crippen LogP contribution in [0.4, 0.5) is 0 Å². The van der Waals surface area contributed by atoms with Crippen molar-refractivity contribution in [2.24, 2.45) is 0 Å². The van der Waals surface area contributed by atoms with Crippen LogP contribution in [0.5, 0.6) is 5.75 Å². The van der Waals surface area contributed by atoms with Crippen LogP contribution in [-0.2, 0) is 12.5 Å². The molecule has 0 aliphatic rings. The Balaban J connectivity index is 2.05. The van der Waals surface area contributed by atoms with Crippen molar-refractivity contribution >= 4 is 11.6 Å². The fourth-order valence-electron chi connectivity index (χ4n) is 1.51. The van der Waals surface area contributed by atoms with Gasteiger partial charge < -0.3 is 4.74 Å². The largest absolute Gasteiger partial charge is 0.489 e. The first-order valence-electron chi connectivity index (χ1n) is 5.21. The summed E-state index contributed by atoms with van der Waals surface area (Å²) in [5, 5.41) is 0. The van der Waals surface area contributed by atoms with E-state index in [0.29, 0.717) is 12.5 Å². The Kier molecular flexibility index (Phi) is 3.84. The van der Waals surface area contributed by atoms with Crippen LogP contribution in [-0.4, -0.2) is 0 Å².